The van der Waals surface area contributed by atoms with Crippen LogP contribution in [0, 0.1) is 0 Å². The molecule has 1 aromatic heterocycles. The smallest absolute Gasteiger partial charge is 0.220 e. The lowest BCUT2D eigenvalue weighted by atomic mass is 10.3. The van der Waals surface area contributed by atoms with Crippen molar-refractivity contribution in [1.29, 1.82) is 0 Å². The number of nitrogens with one attached hydrogen (secondary N) is 1. The molecule has 0 spiro atoms. The SMILES string of the molecule is CCCC(=O)NCc1nnnn1-c1ccccc1. The number of carbonyl (C=O) groups excluding carboxylic acids is 1. The third kappa shape index (κ3) is 2.91. The van der Waals surface area contributed by atoms with Gasteiger partial charge in [0.25, 0.3) is 0 Å². The van der Waals surface area contributed by atoms with Gasteiger partial charge in [0.05, 0.1) is 12.2 Å². The predicted molar refractivity (Wildman–Crippen MR) is 65.9 cm³/mol. The average molecular weight is 245 g/mol. The molecule has 18 heavy (non-hydrogen) atoms. The number of hydrogen-bond acceptors (Lipinski definition) is 4. The number of carbonyl (C=O) groups is 1. The van der Waals surface area contributed by atoms with E-state index in [0.717, 1.165) is 12.1 Å². The Morgan fingerprint density at radius 1 is 1.33 bits per heavy atom. The standard InChI is InChI=1S/C12H15N5O/c1-2-6-12(18)13-9-11-14-15-16-17(11)10-7-4-3-5-8-10/h3-5,7-8H,2,6,9H2,1H3,(H,13,18). The van der Waals surface area contributed by atoms with E-state index in [1.54, 1.807) is 4.68 Å². The summed E-state index contributed by atoms with van der Waals surface area (Å²) >= 11 is 0. The van der Waals surface area contributed by atoms with E-state index < -0.39 is 0 Å². The van der Waals surface area contributed by atoms with Crippen LogP contribution in [0.4, 0.5) is 0 Å². The Bertz CT molecular complexity index is 508. The molecule has 0 atom stereocenters. The van der Waals surface area contributed by atoms with E-state index in [4.69, 9.17) is 0 Å². The Balaban J connectivity index is 2.07. The van der Waals surface area contributed by atoms with Crippen molar-refractivity contribution in [2.45, 2.75) is 26.3 Å². The Kier molecular flexibility index (Phi) is 4.01. The van der Waals surface area contributed by atoms with E-state index in [9.17, 15) is 4.79 Å². The second kappa shape index (κ2) is 5.90. The summed E-state index contributed by atoms with van der Waals surface area (Å²) < 4.78 is 1.62. The largest absolute Gasteiger partial charge is 0.349 e. The highest BCUT2D eigenvalue weighted by atomic mass is 16.1. The van der Waals surface area contributed by atoms with Gasteiger partial charge in [-0.15, -0.1) is 5.10 Å². The number of para-hydroxylation sites is 1. The van der Waals surface area contributed by atoms with Crippen molar-refractivity contribution in [2.24, 2.45) is 0 Å². The van der Waals surface area contributed by atoms with Crippen LogP contribution in [0.5, 0.6) is 0 Å². The van der Waals surface area contributed by atoms with E-state index >= 15 is 0 Å². The maximum Gasteiger partial charge on any atom is 0.220 e. The van der Waals surface area contributed by atoms with E-state index in [2.05, 4.69) is 20.8 Å². The van der Waals surface area contributed by atoms with Crippen LogP contribution >= 0.6 is 0 Å². The quantitative estimate of drug-likeness (QED) is 0.855. The van der Waals surface area contributed by atoms with Gasteiger partial charge >= 0.3 is 0 Å². The lowest BCUT2D eigenvalue weighted by Gasteiger charge is -2.05. The van der Waals surface area contributed by atoms with Gasteiger partial charge in [-0.05, 0) is 29.0 Å². The summed E-state index contributed by atoms with van der Waals surface area (Å²) in [7, 11) is 0. The van der Waals surface area contributed by atoms with Gasteiger partial charge in [0.1, 0.15) is 0 Å². The highest BCUT2D eigenvalue weighted by Crippen LogP contribution is 2.06. The molecular weight excluding hydrogens is 230 g/mol. The van der Waals surface area contributed by atoms with Gasteiger partial charge in [-0.2, -0.15) is 4.68 Å². The monoisotopic (exact) mass is 245 g/mol. The van der Waals surface area contributed by atoms with Crippen LogP contribution in [0.2, 0.25) is 0 Å². The van der Waals surface area contributed by atoms with Crippen molar-refractivity contribution in [3.63, 3.8) is 0 Å². The number of tetrazole rings is 1. The van der Waals surface area contributed by atoms with Crippen LogP contribution in [0.15, 0.2) is 30.3 Å². The first kappa shape index (κ1) is 12.2. The van der Waals surface area contributed by atoms with Gasteiger partial charge in [0.2, 0.25) is 5.91 Å². The molecule has 0 bridgehead atoms. The summed E-state index contributed by atoms with van der Waals surface area (Å²) in [6.45, 7) is 2.30. The first-order chi connectivity index (χ1) is 8.81. The number of amides is 1. The van der Waals surface area contributed by atoms with Gasteiger partial charge in [-0.3, -0.25) is 4.79 Å². The van der Waals surface area contributed by atoms with Crippen LogP contribution in [-0.4, -0.2) is 26.1 Å². The van der Waals surface area contributed by atoms with E-state index in [1.807, 2.05) is 37.3 Å². The molecule has 0 saturated carbocycles. The Labute approximate surface area is 105 Å². The molecule has 1 heterocycles. The molecule has 0 unspecified atom stereocenters. The van der Waals surface area contributed by atoms with Crippen LogP contribution in [0.1, 0.15) is 25.6 Å². The normalized spacial score (nSPS) is 10.3. The van der Waals surface area contributed by atoms with E-state index in [0.29, 0.717) is 18.8 Å². The lowest BCUT2D eigenvalue weighted by Crippen LogP contribution is -2.24. The van der Waals surface area contributed by atoms with E-state index in [-0.39, 0.29) is 5.91 Å². The fourth-order valence-electron chi connectivity index (χ4n) is 1.58. The predicted octanol–water partition coefficient (Wildman–Crippen LogP) is 1.08. The molecule has 94 valence electrons. The molecule has 0 aliphatic heterocycles. The number of benzene rings is 1. The second-order valence-electron chi connectivity index (χ2n) is 3.87. The van der Waals surface area contributed by atoms with Crippen molar-refractivity contribution in [3.05, 3.63) is 36.2 Å². The molecule has 0 fully saturated rings. The highest BCUT2D eigenvalue weighted by Gasteiger charge is 2.08. The Morgan fingerprint density at radius 2 is 2.11 bits per heavy atom. The Hall–Kier alpha value is -2.24. The molecule has 0 aliphatic carbocycles. The van der Waals surface area contributed by atoms with Crippen LogP contribution < -0.4 is 5.32 Å². The molecule has 0 saturated heterocycles. The van der Waals surface area contributed by atoms with Gasteiger partial charge in [0.15, 0.2) is 5.82 Å². The van der Waals surface area contributed by atoms with Gasteiger partial charge in [-0.1, -0.05) is 25.1 Å². The van der Waals surface area contributed by atoms with Gasteiger partial charge in [-0.25, -0.2) is 0 Å². The molecule has 2 rings (SSSR count). The van der Waals surface area contributed by atoms with Crippen molar-refractivity contribution < 1.29 is 4.79 Å². The maximum absolute atomic E-state index is 11.4. The molecule has 1 N–H and O–H groups in total. The number of nitrogens with zero attached hydrogens (tertiary/aromatic N) is 4. The lowest BCUT2D eigenvalue weighted by molar-refractivity contribution is -0.121. The summed E-state index contributed by atoms with van der Waals surface area (Å²) in [6, 6.07) is 9.57. The second-order valence-corrected chi connectivity index (χ2v) is 3.87. The summed E-state index contributed by atoms with van der Waals surface area (Å²) in [5, 5.41) is 14.3. The molecule has 6 heteroatoms. The topological polar surface area (TPSA) is 72.7 Å². The minimum atomic E-state index is 0.0140. The van der Waals surface area contributed by atoms with Gasteiger partial charge in [0, 0.05) is 6.42 Å². The van der Waals surface area contributed by atoms with Gasteiger partial charge < -0.3 is 5.32 Å². The molecule has 1 amide bonds. The zero-order chi connectivity index (χ0) is 12.8. The maximum atomic E-state index is 11.4. The zero-order valence-corrected chi connectivity index (χ0v) is 10.2. The van der Waals surface area contributed by atoms with Crippen molar-refractivity contribution in [1.82, 2.24) is 25.5 Å². The summed E-state index contributed by atoms with van der Waals surface area (Å²) in [6.07, 6.45) is 1.35. The number of aromatic nitrogens is 4. The summed E-state index contributed by atoms with van der Waals surface area (Å²) in [5.41, 5.74) is 0.877. The molecule has 2 aromatic rings. The zero-order valence-electron chi connectivity index (χ0n) is 10.2. The molecule has 0 aliphatic rings. The number of hydrogen-bond donors (Lipinski definition) is 1. The Morgan fingerprint density at radius 3 is 2.83 bits per heavy atom. The highest BCUT2D eigenvalue weighted by molar-refractivity contribution is 5.75. The third-order valence-corrected chi connectivity index (χ3v) is 2.46. The van der Waals surface area contributed by atoms with Crippen molar-refractivity contribution in [3.8, 4) is 5.69 Å². The van der Waals surface area contributed by atoms with Crippen molar-refractivity contribution in [2.75, 3.05) is 0 Å². The van der Waals surface area contributed by atoms with Crippen LogP contribution in [-0.2, 0) is 11.3 Å². The summed E-state index contributed by atoms with van der Waals surface area (Å²) in [5.74, 6) is 0.630. The number of rotatable bonds is 5. The molecule has 1 aromatic carbocycles. The minimum absolute atomic E-state index is 0.0140. The first-order valence-electron chi connectivity index (χ1n) is 5.90. The third-order valence-electron chi connectivity index (χ3n) is 2.46. The fourth-order valence-corrected chi connectivity index (χ4v) is 1.58. The fraction of sp³-hybridized carbons (Fsp3) is 0.333. The van der Waals surface area contributed by atoms with Crippen LogP contribution in [0.3, 0.4) is 0 Å². The minimum Gasteiger partial charge on any atom is -0.349 e. The molecule has 0 radical (unpaired) electrons. The van der Waals surface area contributed by atoms with E-state index in [1.165, 1.54) is 0 Å². The first-order valence-corrected chi connectivity index (χ1v) is 5.90. The molecule has 6 nitrogen and oxygen atoms in total. The van der Waals surface area contributed by atoms with Crippen LogP contribution in [0.25, 0.3) is 5.69 Å². The average Bonchev–Trinajstić information content (AvgIpc) is 2.86. The van der Waals surface area contributed by atoms with Crippen molar-refractivity contribution >= 4 is 5.91 Å². The molecular formula is C12H15N5O. The summed E-state index contributed by atoms with van der Waals surface area (Å²) in [4.78, 5) is 11.4.